The van der Waals surface area contributed by atoms with Crippen molar-refractivity contribution in [3.8, 4) is 0 Å². The van der Waals surface area contributed by atoms with Crippen molar-refractivity contribution in [2.45, 2.75) is 161 Å². The molecule has 0 aliphatic heterocycles. The van der Waals surface area contributed by atoms with Crippen LogP contribution < -0.4 is 5.73 Å². The van der Waals surface area contributed by atoms with Gasteiger partial charge >= 0.3 is 13.8 Å². The van der Waals surface area contributed by atoms with Crippen LogP contribution in [0.2, 0.25) is 0 Å². The van der Waals surface area contributed by atoms with Crippen LogP contribution in [-0.2, 0) is 23.1 Å². The van der Waals surface area contributed by atoms with E-state index in [0.29, 0.717) is 0 Å². The van der Waals surface area contributed by atoms with Crippen LogP contribution in [0.4, 0.5) is 0 Å². The Kier molecular flexibility index (Phi) is 28.6. The molecule has 4 N–H and O–H groups in total. The third-order valence-corrected chi connectivity index (χ3v) is 8.02. The monoisotopic (exact) mass is 579 g/mol. The lowest BCUT2D eigenvalue weighted by Gasteiger charge is -2.17. The molecule has 0 fully saturated rings. The summed E-state index contributed by atoms with van der Waals surface area (Å²) in [5.74, 6) is -0.443. The van der Waals surface area contributed by atoms with Crippen molar-refractivity contribution in [2.75, 3.05) is 26.4 Å². The van der Waals surface area contributed by atoms with Gasteiger partial charge in [-0.3, -0.25) is 13.8 Å². The third-order valence-electron chi connectivity index (χ3n) is 7.03. The molecule has 2 atom stereocenters. The minimum atomic E-state index is -4.26. The first-order valence-corrected chi connectivity index (χ1v) is 17.6. The van der Waals surface area contributed by atoms with Gasteiger partial charge in [0.15, 0.2) is 0 Å². The maximum atomic E-state index is 11.9. The summed E-state index contributed by atoms with van der Waals surface area (Å²) in [4.78, 5) is 21.4. The van der Waals surface area contributed by atoms with Gasteiger partial charge in [0.2, 0.25) is 0 Å². The predicted octanol–water partition coefficient (Wildman–Crippen LogP) is 7.98. The molecular weight excluding hydrogens is 517 g/mol. The Balaban J connectivity index is 3.40. The molecule has 8 nitrogen and oxygen atoms in total. The van der Waals surface area contributed by atoms with Crippen LogP contribution in [0.15, 0.2) is 0 Å². The van der Waals surface area contributed by atoms with Gasteiger partial charge in [-0.1, -0.05) is 142 Å². The van der Waals surface area contributed by atoms with E-state index in [1.165, 1.54) is 122 Å². The molecule has 0 aromatic carbocycles. The smallest absolute Gasteiger partial charge is 0.457 e. The molecule has 0 radical (unpaired) electrons. The van der Waals surface area contributed by atoms with Gasteiger partial charge in [0, 0.05) is 13.0 Å². The first-order valence-electron chi connectivity index (χ1n) is 16.1. The number of hydrogen-bond acceptors (Lipinski definition) is 7. The predicted molar refractivity (Wildman–Crippen MR) is 160 cm³/mol. The van der Waals surface area contributed by atoms with Crippen molar-refractivity contribution in [3.05, 3.63) is 0 Å². The fourth-order valence-electron chi connectivity index (χ4n) is 4.63. The van der Waals surface area contributed by atoms with E-state index in [1.807, 2.05) is 0 Å². The van der Waals surface area contributed by atoms with Crippen molar-refractivity contribution in [3.63, 3.8) is 0 Å². The lowest BCUT2D eigenvalue weighted by atomic mass is 10.0. The number of rotatable bonds is 31. The van der Waals surface area contributed by atoms with Gasteiger partial charge in [-0.15, -0.1) is 0 Å². The van der Waals surface area contributed by atoms with Crippen LogP contribution in [0.25, 0.3) is 0 Å². The average molecular weight is 580 g/mol. The number of aliphatic hydroxyl groups excluding tert-OH is 1. The number of carbonyl (C=O) groups is 1. The SMILES string of the molecule is CCCCCCCCCCCCCCCCCCCCCCCCC(=O)O[C@H](CO)COP(=O)(O)OCCN. The van der Waals surface area contributed by atoms with Crippen molar-refractivity contribution >= 4 is 13.8 Å². The van der Waals surface area contributed by atoms with Gasteiger partial charge in [-0.2, -0.15) is 0 Å². The van der Waals surface area contributed by atoms with E-state index in [9.17, 15) is 19.4 Å². The summed E-state index contributed by atoms with van der Waals surface area (Å²) < 4.78 is 26.0. The molecule has 0 aliphatic rings. The maximum absolute atomic E-state index is 11.9. The minimum absolute atomic E-state index is 0.0753. The molecule has 0 aliphatic carbocycles. The second-order valence-corrected chi connectivity index (χ2v) is 12.3. The number of phosphoric acid groups is 1. The fourth-order valence-corrected chi connectivity index (χ4v) is 5.39. The van der Waals surface area contributed by atoms with E-state index in [-0.39, 0.29) is 19.6 Å². The van der Waals surface area contributed by atoms with E-state index >= 15 is 0 Å². The highest BCUT2D eigenvalue weighted by molar-refractivity contribution is 7.47. The molecule has 1 unspecified atom stereocenters. The summed E-state index contributed by atoms with van der Waals surface area (Å²) >= 11 is 0. The summed E-state index contributed by atoms with van der Waals surface area (Å²) in [7, 11) is -4.26. The first-order chi connectivity index (χ1) is 18.9. The van der Waals surface area contributed by atoms with E-state index in [0.717, 1.165) is 19.3 Å². The van der Waals surface area contributed by atoms with Crippen LogP contribution in [0.5, 0.6) is 0 Å². The van der Waals surface area contributed by atoms with Gasteiger partial charge in [0.25, 0.3) is 0 Å². The zero-order chi connectivity index (χ0) is 28.9. The summed E-state index contributed by atoms with van der Waals surface area (Å²) in [6.45, 7) is 1.31. The Morgan fingerprint density at radius 1 is 0.692 bits per heavy atom. The molecule has 0 rings (SSSR count). The molecule has 0 saturated heterocycles. The Morgan fingerprint density at radius 3 is 1.44 bits per heavy atom. The third kappa shape index (κ3) is 28.8. The molecule has 234 valence electrons. The van der Waals surface area contributed by atoms with E-state index < -0.39 is 33.1 Å². The zero-order valence-corrected chi connectivity index (χ0v) is 26.0. The Morgan fingerprint density at radius 2 is 1.08 bits per heavy atom. The minimum Gasteiger partial charge on any atom is -0.457 e. The van der Waals surface area contributed by atoms with Crippen LogP contribution in [0.1, 0.15) is 155 Å². The zero-order valence-electron chi connectivity index (χ0n) is 25.1. The average Bonchev–Trinajstić information content (AvgIpc) is 2.92. The summed E-state index contributed by atoms with van der Waals surface area (Å²) in [5.41, 5.74) is 5.21. The van der Waals surface area contributed by atoms with Crippen molar-refractivity contribution < 1.29 is 33.1 Å². The number of phosphoric ester groups is 1. The lowest BCUT2D eigenvalue weighted by molar-refractivity contribution is -0.153. The van der Waals surface area contributed by atoms with Crippen LogP contribution in [0, 0.1) is 0 Å². The summed E-state index contributed by atoms with van der Waals surface area (Å²) in [6, 6.07) is 0. The van der Waals surface area contributed by atoms with Gasteiger partial charge in [-0.05, 0) is 6.42 Å². The number of carbonyl (C=O) groups excluding carboxylic acids is 1. The molecule has 0 amide bonds. The molecule has 0 heterocycles. The highest BCUT2D eigenvalue weighted by atomic mass is 31.2. The summed E-state index contributed by atoms with van der Waals surface area (Å²) in [5, 5.41) is 9.31. The van der Waals surface area contributed by atoms with E-state index in [2.05, 4.69) is 11.4 Å². The Hall–Kier alpha value is -0.500. The van der Waals surface area contributed by atoms with Crippen molar-refractivity contribution in [2.24, 2.45) is 5.73 Å². The molecule has 0 bridgehead atoms. The Bertz CT molecular complexity index is 580. The Labute approximate surface area is 239 Å². The molecule has 0 spiro atoms. The van der Waals surface area contributed by atoms with Crippen molar-refractivity contribution in [1.29, 1.82) is 0 Å². The topological polar surface area (TPSA) is 128 Å². The molecule has 0 aromatic rings. The molecule has 0 aromatic heterocycles. The highest BCUT2D eigenvalue weighted by Gasteiger charge is 2.24. The van der Waals surface area contributed by atoms with Gasteiger partial charge < -0.3 is 20.5 Å². The molecule has 39 heavy (non-hydrogen) atoms. The number of esters is 1. The number of aliphatic hydroxyl groups is 1. The standard InChI is InChI=1S/C30H62NO7P/c1-2-3-4-5-6-7-8-9-10-11-12-13-14-15-16-17-18-19-20-21-22-23-24-30(33)38-29(27-32)28-37-39(34,35)36-26-25-31/h29,32H,2-28,31H2,1H3,(H,34,35)/t29-/m1/s1. The number of hydrogen-bond donors (Lipinski definition) is 3. The molecule has 0 saturated carbocycles. The fraction of sp³-hybridized carbons (Fsp3) is 0.967. The second kappa shape index (κ2) is 29.0. The number of nitrogens with two attached hydrogens (primary N) is 1. The quantitative estimate of drug-likeness (QED) is 0.0428. The van der Waals surface area contributed by atoms with Gasteiger partial charge in [0.05, 0.1) is 19.8 Å². The maximum Gasteiger partial charge on any atom is 0.472 e. The van der Waals surface area contributed by atoms with Crippen LogP contribution in [0.3, 0.4) is 0 Å². The van der Waals surface area contributed by atoms with E-state index in [1.54, 1.807) is 0 Å². The first kappa shape index (κ1) is 38.5. The molecular formula is C30H62NO7P. The normalized spacial score (nSPS) is 13.8. The van der Waals surface area contributed by atoms with Crippen LogP contribution in [-0.4, -0.2) is 48.4 Å². The van der Waals surface area contributed by atoms with Crippen LogP contribution >= 0.6 is 7.82 Å². The van der Waals surface area contributed by atoms with E-state index in [4.69, 9.17) is 15.0 Å². The number of ether oxygens (including phenoxy) is 1. The lowest BCUT2D eigenvalue weighted by Crippen LogP contribution is -2.27. The largest absolute Gasteiger partial charge is 0.472 e. The number of unbranched alkanes of at least 4 members (excludes halogenated alkanes) is 21. The second-order valence-electron chi connectivity index (χ2n) is 10.9. The van der Waals surface area contributed by atoms with Gasteiger partial charge in [-0.25, -0.2) is 4.57 Å². The van der Waals surface area contributed by atoms with Crippen molar-refractivity contribution in [1.82, 2.24) is 0 Å². The highest BCUT2D eigenvalue weighted by Crippen LogP contribution is 2.43. The van der Waals surface area contributed by atoms with Gasteiger partial charge in [0.1, 0.15) is 6.10 Å². The summed E-state index contributed by atoms with van der Waals surface area (Å²) in [6.07, 6.45) is 28.2. The molecule has 9 heteroatoms.